The Bertz CT molecular complexity index is 740. The number of halogens is 2. The van der Waals surface area contributed by atoms with Gasteiger partial charge in [-0.1, -0.05) is 21.1 Å². The summed E-state index contributed by atoms with van der Waals surface area (Å²) in [6, 6.07) is 7.87. The van der Waals surface area contributed by atoms with Crippen molar-refractivity contribution in [3.63, 3.8) is 0 Å². The molecule has 3 rings (SSSR count). The van der Waals surface area contributed by atoms with E-state index in [4.69, 9.17) is 10.3 Å². The molecule has 7 heteroatoms. The number of nitrogens with zero attached hydrogens (tertiary/aromatic N) is 2. The largest absolute Gasteiger partial charge is 0.391 e. The van der Waals surface area contributed by atoms with Gasteiger partial charge in [-0.25, -0.2) is 4.39 Å². The zero-order chi connectivity index (χ0) is 13.4. The average molecular weight is 340 g/mol. The van der Waals surface area contributed by atoms with Crippen molar-refractivity contribution in [1.29, 1.82) is 0 Å². The zero-order valence-electron chi connectivity index (χ0n) is 9.43. The van der Waals surface area contributed by atoms with Gasteiger partial charge in [-0.2, -0.15) is 4.98 Å². The molecule has 0 amide bonds. The number of nitrogen functional groups attached to an aromatic ring is 1. The van der Waals surface area contributed by atoms with E-state index in [1.54, 1.807) is 18.2 Å². The molecule has 2 aromatic heterocycles. The van der Waals surface area contributed by atoms with E-state index in [0.717, 1.165) is 4.88 Å². The summed E-state index contributed by atoms with van der Waals surface area (Å²) in [4.78, 5) is 5.03. The molecule has 0 bridgehead atoms. The molecule has 0 aliphatic rings. The maximum absolute atomic E-state index is 13.2. The summed E-state index contributed by atoms with van der Waals surface area (Å²) in [7, 11) is 0. The van der Waals surface area contributed by atoms with Crippen LogP contribution in [0.4, 0.5) is 9.39 Å². The Morgan fingerprint density at radius 1 is 1.26 bits per heavy atom. The maximum atomic E-state index is 13.2. The summed E-state index contributed by atoms with van der Waals surface area (Å²) in [5.41, 5.74) is 6.19. The van der Waals surface area contributed by atoms with Crippen LogP contribution in [0.25, 0.3) is 22.2 Å². The van der Waals surface area contributed by atoms with Crippen molar-refractivity contribution in [2.45, 2.75) is 0 Å². The molecule has 0 radical (unpaired) electrons. The van der Waals surface area contributed by atoms with E-state index in [9.17, 15) is 4.39 Å². The minimum Gasteiger partial charge on any atom is -0.391 e. The Hall–Kier alpha value is -1.73. The van der Waals surface area contributed by atoms with Crippen LogP contribution in [0.15, 0.2) is 39.3 Å². The molecular weight excluding hydrogens is 333 g/mol. The molecular formula is C12H7BrFN3OS. The molecule has 0 fully saturated rings. The molecule has 1 aromatic carbocycles. The normalized spacial score (nSPS) is 10.8. The number of hydrogen-bond donors (Lipinski definition) is 1. The molecule has 3 aromatic rings. The van der Waals surface area contributed by atoms with Gasteiger partial charge in [-0.3, -0.25) is 0 Å². The predicted octanol–water partition coefficient (Wildman–Crippen LogP) is 3.95. The van der Waals surface area contributed by atoms with Gasteiger partial charge in [0.25, 0.3) is 5.89 Å². The van der Waals surface area contributed by atoms with Gasteiger partial charge in [0.2, 0.25) is 5.82 Å². The number of thiophene rings is 1. The first-order valence-corrected chi connectivity index (χ1v) is 6.89. The first kappa shape index (κ1) is 12.3. The second kappa shape index (κ2) is 4.75. The van der Waals surface area contributed by atoms with Gasteiger partial charge >= 0.3 is 0 Å². The number of hydrogen-bond acceptors (Lipinski definition) is 5. The standard InChI is InChI=1S/C12H7BrFN3OS/c13-8-2-1-6(14)5-7(8)11-16-12(18-17-11)9-3-4-10(15)19-9/h1-5H,15H2. The predicted molar refractivity (Wildman–Crippen MR) is 75.1 cm³/mol. The second-order valence-electron chi connectivity index (χ2n) is 3.75. The van der Waals surface area contributed by atoms with Crippen LogP contribution in [-0.2, 0) is 0 Å². The highest BCUT2D eigenvalue weighted by molar-refractivity contribution is 9.10. The molecule has 19 heavy (non-hydrogen) atoms. The van der Waals surface area contributed by atoms with Crippen LogP contribution in [0.2, 0.25) is 0 Å². The lowest BCUT2D eigenvalue weighted by Crippen LogP contribution is -1.84. The van der Waals surface area contributed by atoms with Gasteiger partial charge in [-0.15, -0.1) is 11.3 Å². The van der Waals surface area contributed by atoms with Crippen LogP contribution >= 0.6 is 27.3 Å². The topological polar surface area (TPSA) is 64.9 Å². The van der Waals surface area contributed by atoms with Crippen LogP contribution in [0.3, 0.4) is 0 Å². The van der Waals surface area contributed by atoms with Crippen LogP contribution in [0.5, 0.6) is 0 Å². The second-order valence-corrected chi connectivity index (χ2v) is 5.72. The zero-order valence-corrected chi connectivity index (χ0v) is 11.8. The minimum absolute atomic E-state index is 0.327. The summed E-state index contributed by atoms with van der Waals surface area (Å²) >= 11 is 4.68. The summed E-state index contributed by atoms with van der Waals surface area (Å²) in [6.07, 6.45) is 0. The number of rotatable bonds is 2. The average Bonchev–Trinajstić information content (AvgIpc) is 3.00. The van der Waals surface area contributed by atoms with Crippen LogP contribution in [0.1, 0.15) is 0 Å². The van der Waals surface area contributed by atoms with E-state index in [1.807, 2.05) is 0 Å². The van der Waals surface area contributed by atoms with Gasteiger partial charge in [0, 0.05) is 10.0 Å². The van der Waals surface area contributed by atoms with E-state index >= 15 is 0 Å². The number of anilines is 1. The summed E-state index contributed by atoms with van der Waals surface area (Å²) in [5.74, 6) is 0.339. The quantitative estimate of drug-likeness (QED) is 0.767. The van der Waals surface area contributed by atoms with Crippen molar-refractivity contribution < 1.29 is 8.91 Å². The van der Waals surface area contributed by atoms with E-state index in [2.05, 4.69) is 26.1 Å². The Morgan fingerprint density at radius 2 is 2.11 bits per heavy atom. The van der Waals surface area contributed by atoms with Crippen molar-refractivity contribution in [3.05, 3.63) is 40.6 Å². The van der Waals surface area contributed by atoms with Gasteiger partial charge in [0.1, 0.15) is 5.82 Å². The third kappa shape index (κ3) is 2.39. The summed E-state index contributed by atoms with van der Waals surface area (Å²) < 4.78 is 19.1. The van der Waals surface area contributed by atoms with E-state index in [1.165, 1.54) is 23.5 Å². The fourth-order valence-corrected chi connectivity index (χ4v) is 2.69. The van der Waals surface area contributed by atoms with Crippen LogP contribution < -0.4 is 5.73 Å². The molecule has 4 nitrogen and oxygen atoms in total. The van der Waals surface area contributed by atoms with Gasteiger partial charge in [-0.05, 0) is 30.3 Å². The SMILES string of the molecule is Nc1ccc(-c2nc(-c3cc(F)ccc3Br)no2)s1. The highest BCUT2D eigenvalue weighted by atomic mass is 79.9. The highest BCUT2D eigenvalue weighted by Crippen LogP contribution is 2.32. The molecule has 0 aliphatic carbocycles. The molecule has 0 unspecified atom stereocenters. The van der Waals surface area contributed by atoms with Crippen molar-refractivity contribution in [2.75, 3.05) is 5.73 Å². The fraction of sp³-hybridized carbons (Fsp3) is 0. The summed E-state index contributed by atoms with van der Waals surface area (Å²) in [6.45, 7) is 0. The maximum Gasteiger partial charge on any atom is 0.268 e. The van der Waals surface area contributed by atoms with Gasteiger partial charge in [0.15, 0.2) is 0 Å². The van der Waals surface area contributed by atoms with E-state index in [0.29, 0.717) is 26.8 Å². The molecule has 0 saturated carbocycles. The molecule has 96 valence electrons. The Morgan fingerprint density at radius 3 is 2.84 bits per heavy atom. The molecule has 0 aliphatic heterocycles. The number of benzene rings is 1. The lowest BCUT2D eigenvalue weighted by atomic mass is 10.2. The van der Waals surface area contributed by atoms with Crippen molar-refractivity contribution in [1.82, 2.24) is 10.1 Å². The van der Waals surface area contributed by atoms with Crippen molar-refractivity contribution in [3.8, 4) is 22.2 Å². The molecule has 0 spiro atoms. The molecule has 2 N–H and O–H groups in total. The monoisotopic (exact) mass is 339 g/mol. The lowest BCUT2D eigenvalue weighted by molar-refractivity contribution is 0.433. The Labute approximate surface area is 120 Å². The number of nitrogens with two attached hydrogens (primary N) is 1. The smallest absolute Gasteiger partial charge is 0.268 e. The third-order valence-corrected chi connectivity index (χ3v) is 4.03. The highest BCUT2D eigenvalue weighted by Gasteiger charge is 2.14. The minimum atomic E-state index is -0.357. The van der Waals surface area contributed by atoms with E-state index < -0.39 is 0 Å². The third-order valence-electron chi connectivity index (χ3n) is 2.43. The molecule has 2 heterocycles. The van der Waals surface area contributed by atoms with Gasteiger partial charge < -0.3 is 10.3 Å². The first-order chi connectivity index (χ1) is 9.13. The molecule has 0 saturated heterocycles. The summed E-state index contributed by atoms with van der Waals surface area (Å²) in [5, 5.41) is 4.53. The van der Waals surface area contributed by atoms with Crippen LogP contribution in [0, 0.1) is 5.82 Å². The van der Waals surface area contributed by atoms with Crippen LogP contribution in [-0.4, -0.2) is 10.1 Å². The van der Waals surface area contributed by atoms with Crippen molar-refractivity contribution in [2.24, 2.45) is 0 Å². The van der Waals surface area contributed by atoms with Gasteiger partial charge in [0.05, 0.1) is 9.88 Å². The Balaban J connectivity index is 2.03. The Kier molecular flexibility index (Phi) is 3.08. The molecule has 0 atom stereocenters. The first-order valence-electron chi connectivity index (χ1n) is 5.28. The van der Waals surface area contributed by atoms with E-state index in [-0.39, 0.29) is 5.82 Å². The lowest BCUT2D eigenvalue weighted by Gasteiger charge is -1.98. The number of aromatic nitrogens is 2. The van der Waals surface area contributed by atoms with Crippen molar-refractivity contribution >= 4 is 32.3 Å². The fourth-order valence-electron chi connectivity index (χ4n) is 1.57.